The Labute approximate surface area is 127 Å². The number of hydrogen-bond acceptors (Lipinski definition) is 4. The first-order chi connectivity index (χ1) is 9.86. The fourth-order valence-corrected chi connectivity index (χ4v) is 5.79. The molecule has 0 aromatic heterocycles. The summed E-state index contributed by atoms with van der Waals surface area (Å²) in [5.41, 5.74) is 6.21. The number of carbonyl (C=O) groups excluding carboxylic acids is 1. The lowest BCUT2D eigenvalue weighted by Gasteiger charge is -2.32. The minimum absolute atomic E-state index is 0.0172. The summed E-state index contributed by atoms with van der Waals surface area (Å²) < 4.78 is 23.1. The molecule has 0 radical (unpaired) electrons. The second kappa shape index (κ2) is 5.54. The van der Waals surface area contributed by atoms with Crippen molar-refractivity contribution in [3.8, 4) is 0 Å². The number of sulfone groups is 1. The largest absolute Gasteiger partial charge is 0.353 e. The molecule has 0 spiro atoms. The molecule has 0 saturated heterocycles. The average Bonchev–Trinajstić information content (AvgIpc) is 2.98. The Balaban J connectivity index is 1.53. The second-order valence-electron chi connectivity index (χ2n) is 7.25. The Kier molecular flexibility index (Phi) is 4.03. The van der Waals surface area contributed by atoms with Crippen molar-refractivity contribution in [3.63, 3.8) is 0 Å². The first kappa shape index (κ1) is 15.3. The van der Waals surface area contributed by atoms with Crippen LogP contribution in [0.4, 0.5) is 0 Å². The molecular weight excluding hydrogens is 288 g/mol. The molecule has 3 rings (SSSR count). The van der Waals surface area contributed by atoms with Crippen molar-refractivity contribution in [1.82, 2.24) is 5.32 Å². The average molecular weight is 314 g/mol. The molecule has 0 aromatic rings. The Bertz CT molecular complexity index is 509. The van der Waals surface area contributed by atoms with E-state index in [0.717, 1.165) is 25.7 Å². The zero-order valence-corrected chi connectivity index (χ0v) is 13.4. The van der Waals surface area contributed by atoms with Gasteiger partial charge in [-0.2, -0.15) is 0 Å². The summed E-state index contributed by atoms with van der Waals surface area (Å²) in [7, 11) is -2.94. The molecular formula is C15H26N2O3S. The number of hydrogen-bond donors (Lipinski definition) is 2. The normalized spacial score (nSPS) is 43.0. The molecule has 0 heterocycles. The van der Waals surface area contributed by atoms with Gasteiger partial charge in [-0.15, -0.1) is 0 Å². The fourth-order valence-electron chi connectivity index (χ4n) is 4.66. The van der Waals surface area contributed by atoms with Crippen LogP contribution in [0.2, 0.25) is 0 Å². The third kappa shape index (κ3) is 2.97. The van der Waals surface area contributed by atoms with Crippen molar-refractivity contribution in [1.29, 1.82) is 0 Å². The van der Waals surface area contributed by atoms with Gasteiger partial charge in [0, 0.05) is 18.3 Å². The van der Waals surface area contributed by atoms with Crippen LogP contribution >= 0.6 is 0 Å². The lowest BCUT2D eigenvalue weighted by atomic mass is 9.83. The Morgan fingerprint density at radius 1 is 1.05 bits per heavy atom. The molecule has 3 saturated carbocycles. The highest BCUT2D eigenvalue weighted by Gasteiger charge is 2.49. The topological polar surface area (TPSA) is 89.3 Å². The van der Waals surface area contributed by atoms with E-state index in [2.05, 4.69) is 5.32 Å². The van der Waals surface area contributed by atoms with E-state index in [0.29, 0.717) is 24.7 Å². The number of nitrogens with two attached hydrogens (primary N) is 1. The van der Waals surface area contributed by atoms with E-state index >= 15 is 0 Å². The van der Waals surface area contributed by atoms with Gasteiger partial charge in [-0.1, -0.05) is 0 Å². The van der Waals surface area contributed by atoms with Gasteiger partial charge < -0.3 is 11.1 Å². The molecule has 6 heteroatoms. The van der Waals surface area contributed by atoms with Gasteiger partial charge in [0.15, 0.2) is 0 Å². The highest BCUT2D eigenvalue weighted by Crippen LogP contribution is 2.47. The summed E-state index contributed by atoms with van der Waals surface area (Å²) in [5, 5.41) is 2.91. The van der Waals surface area contributed by atoms with Crippen LogP contribution in [-0.4, -0.2) is 37.9 Å². The molecule has 1 amide bonds. The zero-order valence-electron chi connectivity index (χ0n) is 12.6. The molecule has 120 valence electrons. The standard InChI is InChI=1S/C15H26N2O3S/c1-21(19,20)12-6-4-11(5-7-12)17-15(18)13-9-2-3-10(8-9)14(13)16/h9-14H,2-8,16H2,1H3,(H,17,18). The van der Waals surface area contributed by atoms with Crippen LogP contribution in [-0.2, 0) is 14.6 Å². The summed E-state index contributed by atoms with van der Waals surface area (Å²) >= 11 is 0. The smallest absolute Gasteiger partial charge is 0.225 e. The molecule has 2 bridgehead atoms. The fraction of sp³-hybridized carbons (Fsp3) is 0.933. The van der Waals surface area contributed by atoms with E-state index in [9.17, 15) is 13.2 Å². The molecule has 3 fully saturated rings. The van der Waals surface area contributed by atoms with Crippen molar-refractivity contribution in [3.05, 3.63) is 0 Å². The van der Waals surface area contributed by atoms with Crippen LogP contribution in [0.5, 0.6) is 0 Å². The van der Waals surface area contributed by atoms with Crippen LogP contribution in [0.3, 0.4) is 0 Å². The predicted molar refractivity (Wildman–Crippen MR) is 81.3 cm³/mol. The molecule has 0 aliphatic heterocycles. The van der Waals surface area contributed by atoms with Gasteiger partial charge in [0.2, 0.25) is 5.91 Å². The van der Waals surface area contributed by atoms with Crippen molar-refractivity contribution >= 4 is 15.7 Å². The maximum atomic E-state index is 12.5. The van der Waals surface area contributed by atoms with E-state index in [4.69, 9.17) is 5.73 Å². The third-order valence-corrected chi connectivity index (χ3v) is 7.59. The van der Waals surface area contributed by atoms with E-state index in [1.165, 1.54) is 12.7 Å². The van der Waals surface area contributed by atoms with Crippen molar-refractivity contribution in [2.75, 3.05) is 6.26 Å². The predicted octanol–water partition coefficient (Wildman–Crippen LogP) is 0.832. The van der Waals surface area contributed by atoms with Gasteiger partial charge in [0.1, 0.15) is 9.84 Å². The van der Waals surface area contributed by atoms with Gasteiger partial charge in [-0.25, -0.2) is 8.42 Å². The molecule has 4 atom stereocenters. The molecule has 5 nitrogen and oxygen atoms in total. The summed E-state index contributed by atoms with van der Waals surface area (Å²) in [6.07, 6.45) is 7.58. The first-order valence-corrected chi connectivity index (χ1v) is 10.1. The number of carbonyl (C=O) groups is 1. The van der Waals surface area contributed by atoms with Crippen LogP contribution in [0.25, 0.3) is 0 Å². The maximum Gasteiger partial charge on any atom is 0.225 e. The molecule has 3 N–H and O–H groups in total. The summed E-state index contributed by atoms with van der Waals surface area (Å²) in [5.74, 6) is 1.10. The maximum absolute atomic E-state index is 12.5. The second-order valence-corrected chi connectivity index (χ2v) is 9.57. The lowest BCUT2D eigenvalue weighted by molar-refractivity contribution is -0.128. The zero-order chi connectivity index (χ0) is 15.2. The van der Waals surface area contributed by atoms with E-state index in [-0.39, 0.29) is 29.2 Å². The summed E-state index contributed by atoms with van der Waals surface area (Å²) in [6, 6.07) is 0.151. The monoisotopic (exact) mass is 314 g/mol. The van der Waals surface area contributed by atoms with Gasteiger partial charge >= 0.3 is 0 Å². The SMILES string of the molecule is CS(=O)(=O)C1CCC(NC(=O)C2C3CCC(C3)C2N)CC1. The highest BCUT2D eigenvalue weighted by atomic mass is 32.2. The number of amides is 1. The number of fused-ring (bicyclic) bond motifs is 2. The van der Waals surface area contributed by atoms with Gasteiger partial charge in [0.25, 0.3) is 0 Å². The number of nitrogens with one attached hydrogen (secondary N) is 1. The van der Waals surface area contributed by atoms with Gasteiger partial charge in [-0.05, 0) is 56.8 Å². The van der Waals surface area contributed by atoms with Crippen LogP contribution < -0.4 is 11.1 Å². The van der Waals surface area contributed by atoms with Gasteiger partial charge in [0.05, 0.1) is 11.2 Å². The van der Waals surface area contributed by atoms with Crippen LogP contribution in [0, 0.1) is 17.8 Å². The molecule has 0 aromatic carbocycles. The van der Waals surface area contributed by atoms with E-state index in [1.54, 1.807) is 0 Å². The Morgan fingerprint density at radius 2 is 1.67 bits per heavy atom. The molecule has 21 heavy (non-hydrogen) atoms. The van der Waals surface area contributed by atoms with Crippen molar-refractivity contribution in [2.45, 2.75) is 62.3 Å². The van der Waals surface area contributed by atoms with Gasteiger partial charge in [-0.3, -0.25) is 4.79 Å². The minimum atomic E-state index is -2.94. The van der Waals surface area contributed by atoms with Crippen molar-refractivity contribution < 1.29 is 13.2 Å². The van der Waals surface area contributed by atoms with E-state index < -0.39 is 9.84 Å². The van der Waals surface area contributed by atoms with Crippen LogP contribution in [0.1, 0.15) is 44.9 Å². The van der Waals surface area contributed by atoms with Crippen molar-refractivity contribution in [2.24, 2.45) is 23.5 Å². The Hall–Kier alpha value is -0.620. The lowest BCUT2D eigenvalue weighted by Crippen LogP contribution is -2.49. The Morgan fingerprint density at radius 3 is 2.19 bits per heavy atom. The molecule has 3 aliphatic rings. The quantitative estimate of drug-likeness (QED) is 0.807. The summed E-state index contributed by atoms with van der Waals surface area (Å²) in [4.78, 5) is 12.5. The molecule has 4 unspecified atom stereocenters. The molecule has 3 aliphatic carbocycles. The minimum Gasteiger partial charge on any atom is -0.353 e. The van der Waals surface area contributed by atoms with E-state index in [1.807, 2.05) is 0 Å². The third-order valence-electron chi connectivity index (χ3n) is 5.91. The number of rotatable bonds is 3. The first-order valence-electron chi connectivity index (χ1n) is 8.11. The van der Waals surface area contributed by atoms with Crippen LogP contribution in [0.15, 0.2) is 0 Å². The summed E-state index contributed by atoms with van der Waals surface area (Å²) in [6.45, 7) is 0. The highest BCUT2D eigenvalue weighted by molar-refractivity contribution is 7.91.